The first kappa shape index (κ1) is 19.5. The van der Waals surface area contributed by atoms with Gasteiger partial charge in [0, 0.05) is 10.9 Å². The fourth-order valence-electron chi connectivity index (χ4n) is 3.39. The summed E-state index contributed by atoms with van der Waals surface area (Å²) >= 11 is 1.53. The molecule has 2 aromatic carbocycles. The fraction of sp³-hybridized carbons (Fsp3) is 0.304. The van der Waals surface area contributed by atoms with Crippen molar-refractivity contribution in [2.45, 2.75) is 38.7 Å². The lowest BCUT2D eigenvalue weighted by molar-refractivity contribution is 0.197. The molecule has 0 bridgehead atoms. The second kappa shape index (κ2) is 9.56. The number of aromatic nitrogens is 1. The van der Waals surface area contributed by atoms with Crippen LogP contribution in [0.1, 0.15) is 38.2 Å². The highest BCUT2D eigenvalue weighted by molar-refractivity contribution is 7.14. The van der Waals surface area contributed by atoms with Crippen molar-refractivity contribution in [3.63, 3.8) is 0 Å². The maximum absolute atomic E-state index is 6.14. The Morgan fingerprint density at radius 1 is 1.14 bits per heavy atom. The third-order valence-electron chi connectivity index (χ3n) is 4.81. The lowest BCUT2D eigenvalue weighted by atomic mass is 10.2. The second-order valence-corrected chi connectivity index (χ2v) is 7.80. The van der Waals surface area contributed by atoms with Crippen molar-refractivity contribution in [2.75, 3.05) is 12.0 Å². The van der Waals surface area contributed by atoms with Crippen molar-refractivity contribution < 1.29 is 9.47 Å². The molecule has 150 valence electrons. The summed E-state index contributed by atoms with van der Waals surface area (Å²) in [5.74, 6) is 1.58. The van der Waals surface area contributed by atoms with E-state index in [0.717, 1.165) is 46.3 Å². The van der Waals surface area contributed by atoms with Crippen LogP contribution in [0, 0.1) is 0 Å². The Balaban J connectivity index is 1.41. The van der Waals surface area contributed by atoms with Gasteiger partial charge in [-0.15, -0.1) is 11.3 Å². The van der Waals surface area contributed by atoms with Gasteiger partial charge in [0.25, 0.3) is 0 Å². The van der Waals surface area contributed by atoms with E-state index in [4.69, 9.17) is 9.47 Å². The molecule has 1 aliphatic rings. The molecule has 0 saturated heterocycles. The predicted octanol–water partition coefficient (Wildman–Crippen LogP) is 5.98. The fourth-order valence-corrected chi connectivity index (χ4v) is 4.05. The zero-order chi connectivity index (χ0) is 19.9. The van der Waals surface area contributed by atoms with E-state index in [1.165, 1.54) is 24.2 Å². The Morgan fingerprint density at radius 3 is 2.76 bits per heavy atom. The molecule has 1 saturated carbocycles. The maximum atomic E-state index is 6.14. The minimum Gasteiger partial charge on any atom is -0.490 e. The van der Waals surface area contributed by atoms with E-state index in [0.29, 0.717) is 12.7 Å². The number of nitrogens with one attached hydrogen (secondary N) is 1. The van der Waals surface area contributed by atoms with Crippen LogP contribution in [0.4, 0.5) is 5.13 Å². The van der Waals surface area contributed by atoms with E-state index in [9.17, 15) is 0 Å². The molecule has 0 unspecified atom stereocenters. The van der Waals surface area contributed by atoms with E-state index in [1.54, 1.807) is 6.21 Å². The van der Waals surface area contributed by atoms with Crippen molar-refractivity contribution in [1.29, 1.82) is 0 Å². The first-order valence-corrected chi connectivity index (χ1v) is 10.9. The van der Waals surface area contributed by atoms with E-state index in [-0.39, 0.29) is 0 Å². The molecule has 1 heterocycles. The third kappa shape index (κ3) is 5.15. The molecule has 3 aromatic rings. The van der Waals surface area contributed by atoms with Crippen LogP contribution in [0.25, 0.3) is 11.3 Å². The highest BCUT2D eigenvalue weighted by Gasteiger charge is 2.18. The number of ether oxygens (including phenoxy) is 2. The van der Waals surface area contributed by atoms with Crippen LogP contribution in [0.3, 0.4) is 0 Å². The second-order valence-electron chi connectivity index (χ2n) is 6.94. The molecular weight excluding hydrogens is 382 g/mol. The van der Waals surface area contributed by atoms with Gasteiger partial charge in [-0.2, -0.15) is 5.10 Å². The van der Waals surface area contributed by atoms with Crippen molar-refractivity contribution in [1.82, 2.24) is 4.98 Å². The van der Waals surface area contributed by atoms with Gasteiger partial charge in [-0.25, -0.2) is 4.98 Å². The molecule has 1 fully saturated rings. The SMILES string of the molecule is CCOc1cc(C=NNc2nc(-c3ccccc3)cs2)ccc1OC1CCCC1. The molecule has 29 heavy (non-hydrogen) atoms. The minimum absolute atomic E-state index is 0.305. The number of hydrazone groups is 1. The van der Waals surface area contributed by atoms with Crippen LogP contribution in [0.15, 0.2) is 59.0 Å². The molecule has 0 aliphatic heterocycles. The molecule has 0 atom stereocenters. The first-order valence-electron chi connectivity index (χ1n) is 10.1. The van der Waals surface area contributed by atoms with E-state index < -0.39 is 0 Å². The summed E-state index contributed by atoms with van der Waals surface area (Å²) in [4.78, 5) is 4.58. The Kier molecular flexibility index (Phi) is 6.42. The van der Waals surface area contributed by atoms with Crippen LogP contribution in [0.5, 0.6) is 11.5 Å². The van der Waals surface area contributed by atoms with Crippen LogP contribution in [-0.2, 0) is 0 Å². The molecule has 0 radical (unpaired) electrons. The van der Waals surface area contributed by atoms with E-state index in [2.05, 4.69) is 15.5 Å². The number of anilines is 1. The Labute approximate surface area is 175 Å². The number of hydrogen-bond donors (Lipinski definition) is 1. The van der Waals surface area contributed by atoms with Gasteiger partial charge < -0.3 is 9.47 Å². The van der Waals surface area contributed by atoms with Crippen molar-refractivity contribution in [2.24, 2.45) is 5.10 Å². The van der Waals surface area contributed by atoms with Gasteiger partial charge in [-0.05, 0) is 56.4 Å². The monoisotopic (exact) mass is 407 g/mol. The van der Waals surface area contributed by atoms with Crippen LogP contribution >= 0.6 is 11.3 Å². The maximum Gasteiger partial charge on any atom is 0.203 e. The van der Waals surface area contributed by atoms with Crippen molar-refractivity contribution >= 4 is 22.7 Å². The van der Waals surface area contributed by atoms with Gasteiger partial charge in [0.15, 0.2) is 11.5 Å². The molecule has 1 N–H and O–H groups in total. The number of thiazole rings is 1. The molecular formula is C23H25N3O2S. The molecule has 4 rings (SSSR count). The minimum atomic E-state index is 0.305. The van der Waals surface area contributed by atoms with Gasteiger partial charge >= 0.3 is 0 Å². The summed E-state index contributed by atoms with van der Waals surface area (Å²) in [6, 6.07) is 16.1. The van der Waals surface area contributed by atoms with Crippen LogP contribution < -0.4 is 14.9 Å². The summed E-state index contributed by atoms with van der Waals surface area (Å²) < 4.78 is 11.9. The average molecular weight is 408 g/mol. The Morgan fingerprint density at radius 2 is 1.97 bits per heavy atom. The predicted molar refractivity (Wildman–Crippen MR) is 119 cm³/mol. The molecule has 5 nitrogen and oxygen atoms in total. The Hall–Kier alpha value is -2.86. The molecule has 0 amide bonds. The zero-order valence-corrected chi connectivity index (χ0v) is 17.3. The topological polar surface area (TPSA) is 55.7 Å². The highest BCUT2D eigenvalue weighted by Crippen LogP contribution is 2.32. The van der Waals surface area contributed by atoms with E-state index in [1.807, 2.05) is 60.8 Å². The normalized spacial score (nSPS) is 14.4. The number of rotatable bonds is 8. The quantitative estimate of drug-likeness (QED) is 0.369. The average Bonchev–Trinajstić information content (AvgIpc) is 3.43. The molecule has 6 heteroatoms. The summed E-state index contributed by atoms with van der Waals surface area (Å²) in [7, 11) is 0. The van der Waals surface area contributed by atoms with Gasteiger partial charge in [0.1, 0.15) is 0 Å². The largest absolute Gasteiger partial charge is 0.490 e. The number of benzene rings is 2. The number of nitrogens with zero attached hydrogens (tertiary/aromatic N) is 2. The summed E-state index contributed by atoms with van der Waals surface area (Å²) in [6.45, 7) is 2.58. The molecule has 1 aliphatic carbocycles. The summed E-state index contributed by atoms with van der Waals surface area (Å²) in [5, 5.41) is 7.11. The lowest BCUT2D eigenvalue weighted by Crippen LogP contribution is -2.12. The van der Waals surface area contributed by atoms with Crippen molar-refractivity contribution in [3.05, 3.63) is 59.5 Å². The van der Waals surface area contributed by atoms with Crippen LogP contribution in [-0.4, -0.2) is 23.9 Å². The third-order valence-corrected chi connectivity index (χ3v) is 5.56. The van der Waals surface area contributed by atoms with Crippen LogP contribution in [0.2, 0.25) is 0 Å². The molecule has 1 aromatic heterocycles. The van der Waals surface area contributed by atoms with Gasteiger partial charge in [0.2, 0.25) is 5.13 Å². The van der Waals surface area contributed by atoms with E-state index >= 15 is 0 Å². The highest BCUT2D eigenvalue weighted by atomic mass is 32.1. The number of hydrogen-bond acceptors (Lipinski definition) is 6. The van der Waals surface area contributed by atoms with Gasteiger partial charge in [0.05, 0.1) is 24.6 Å². The summed E-state index contributed by atoms with van der Waals surface area (Å²) in [6.07, 6.45) is 6.81. The van der Waals surface area contributed by atoms with Crippen molar-refractivity contribution in [3.8, 4) is 22.8 Å². The summed E-state index contributed by atoms with van der Waals surface area (Å²) in [5.41, 5.74) is 6.00. The standard InChI is InChI=1S/C23H25N3O2S/c1-2-27-22-14-17(12-13-21(22)28-19-10-6-7-11-19)15-24-26-23-25-20(16-29-23)18-8-4-3-5-9-18/h3-5,8-9,12-16,19H,2,6-7,10-11H2,1H3,(H,25,26). The first-order chi connectivity index (χ1) is 14.3. The molecule has 0 spiro atoms. The van der Waals surface area contributed by atoms with Gasteiger partial charge in [-0.3, -0.25) is 5.43 Å². The van der Waals surface area contributed by atoms with Gasteiger partial charge in [-0.1, -0.05) is 30.3 Å². The smallest absolute Gasteiger partial charge is 0.203 e. The Bertz CT molecular complexity index is 950. The zero-order valence-electron chi connectivity index (χ0n) is 16.5. The lowest BCUT2D eigenvalue weighted by Gasteiger charge is -2.16.